The number of likely N-dealkylation sites (tertiary alicyclic amines) is 1. The third-order valence-electron chi connectivity index (χ3n) is 4.30. The topological polar surface area (TPSA) is 37.4 Å². The van der Waals surface area contributed by atoms with Crippen LogP contribution in [0.25, 0.3) is 0 Å². The highest BCUT2D eigenvalue weighted by Crippen LogP contribution is 2.23. The minimum Gasteiger partial charge on any atom is -0.481 e. The third-order valence-corrected chi connectivity index (χ3v) is 4.30. The van der Waals surface area contributed by atoms with Crippen molar-refractivity contribution in [2.75, 3.05) is 26.7 Å². The normalized spacial score (nSPS) is 18.9. The monoisotopic (exact) mass is 277 g/mol. The maximum atomic E-state index is 5.33. The Labute approximate surface area is 122 Å². The van der Waals surface area contributed by atoms with E-state index in [4.69, 9.17) is 4.74 Å². The Morgan fingerprint density at radius 2 is 2.20 bits per heavy atom. The summed E-state index contributed by atoms with van der Waals surface area (Å²) in [4.78, 5) is 6.78. The van der Waals surface area contributed by atoms with Gasteiger partial charge >= 0.3 is 0 Å². The summed E-state index contributed by atoms with van der Waals surface area (Å²) in [7, 11) is 1.69. The van der Waals surface area contributed by atoms with Gasteiger partial charge in [0.05, 0.1) is 7.11 Å². The number of nitrogens with zero attached hydrogens (tertiary/aromatic N) is 2. The minimum atomic E-state index is 0.634. The fourth-order valence-corrected chi connectivity index (χ4v) is 3.07. The van der Waals surface area contributed by atoms with E-state index in [1.807, 2.05) is 6.07 Å². The number of hydrogen-bond donors (Lipinski definition) is 1. The van der Waals surface area contributed by atoms with Crippen molar-refractivity contribution in [3.8, 4) is 5.88 Å². The van der Waals surface area contributed by atoms with E-state index >= 15 is 0 Å². The molecule has 1 unspecified atom stereocenters. The van der Waals surface area contributed by atoms with Crippen molar-refractivity contribution < 1.29 is 4.74 Å². The zero-order valence-electron chi connectivity index (χ0n) is 12.9. The van der Waals surface area contributed by atoms with E-state index in [1.54, 1.807) is 13.3 Å². The molecule has 0 bridgehead atoms. The van der Waals surface area contributed by atoms with Gasteiger partial charge < -0.3 is 10.1 Å². The molecule has 1 aliphatic rings. The van der Waals surface area contributed by atoms with E-state index in [1.165, 1.54) is 31.5 Å². The van der Waals surface area contributed by atoms with Gasteiger partial charge in [0.15, 0.2) is 0 Å². The fourth-order valence-electron chi connectivity index (χ4n) is 3.07. The number of nitrogens with one attached hydrogen (secondary N) is 1. The van der Waals surface area contributed by atoms with Crippen molar-refractivity contribution in [3.05, 3.63) is 23.9 Å². The first-order valence-corrected chi connectivity index (χ1v) is 7.68. The average Bonchev–Trinajstić information content (AvgIpc) is 2.49. The Morgan fingerprint density at radius 1 is 1.45 bits per heavy atom. The maximum Gasteiger partial charge on any atom is 0.217 e. The largest absolute Gasteiger partial charge is 0.481 e. The summed E-state index contributed by atoms with van der Waals surface area (Å²) in [6, 6.07) is 4.73. The highest BCUT2D eigenvalue weighted by Gasteiger charge is 2.23. The third kappa shape index (κ3) is 3.93. The van der Waals surface area contributed by atoms with Crippen molar-refractivity contribution in [2.45, 2.75) is 39.3 Å². The summed E-state index contributed by atoms with van der Waals surface area (Å²) in [5.74, 6) is 1.57. The van der Waals surface area contributed by atoms with Crippen molar-refractivity contribution in [1.29, 1.82) is 0 Å². The van der Waals surface area contributed by atoms with E-state index in [2.05, 4.69) is 35.1 Å². The standard InChI is InChI=1S/C16H27N3O/c1-4-17-13(2)14-7-10-19(11-8-14)12-15-6-5-9-18-16(15)20-3/h5-6,9,13-14,17H,4,7-8,10-12H2,1-3H3. The first kappa shape index (κ1) is 15.3. The number of pyridine rings is 1. The highest BCUT2D eigenvalue weighted by molar-refractivity contribution is 5.25. The van der Waals surface area contributed by atoms with Crippen molar-refractivity contribution >= 4 is 0 Å². The van der Waals surface area contributed by atoms with Crippen molar-refractivity contribution in [1.82, 2.24) is 15.2 Å². The van der Waals surface area contributed by atoms with Gasteiger partial charge in [-0.2, -0.15) is 0 Å². The molecule has 4 nitrogen and oxygen atoms in total. The second-order valence-corrected chi connectivity index (χ2v) is 5.63. The first-order valence-electron chi connectivity index (χ1n) is 7.68. The molecule has 112 valence electrons. The quantitative estimate of drug-likeness (QED) is 0.866. The zero-order valence-corrected chi connectivity index (χ0v) is 12.9. The van der Waals surface area contributed by atoms with Crippen LogP contribution in [0.1, 0.15) is 32.3 Å². The SMILES string of the molecule is CCNC(C)C1CCN(Cc2cccnc2OC)CC1. The van der Waals surface area contributed by atoms with Crippen LogP contribution >= 0.6 is 0 Å². The van der Waals surface area contributed by atoms with Crippen molar-refractivity contribution in [2.24, 2.45) is 5.92 Å². The summed E-state index contributed by atoms with van der Waals surface area (Å²) in [5, 5.41) is 3.55. The summed E-state index contributed by atoms with van der Waals surface area (Å²) in [6.07, 6.45) is 4.33. The lowest BCUT2D eigenvalue weighted by atomic mass is 9.90. The number of methoxy groups -OCH3 is 1. The lowest BCUT2D eigenvalue weighted by Gasteiger charge is -2.35. The fraction of sp³-hybridized carbons (Fsp3) is 0.688. The summed E-state index contributed by atoms with van der Waals surface area (Å²) >= 11 is 0. The van der Waals surface area contributed by atoms with Crippen LogP contribution in [0.2, 0.25) is 0 Å². The number of hydrogen-bond acceptors (Lipinski definition) is 4. The predicted molar refractivity (Wildman–Crippen MR) is 81.9 cm³/mol. The molecule has 1 fully saturated rings. The first-order chi connectivity index (χ1) is 9.74. The van der Waals surface area contributed by atoms with E-state index in [9.17, 15) is 0 Å². The van der Waals surface area contributed by atoms with Gasteiger partial charge in [-0.1, -0.05) is 13.0 Å². The Balaban J connectivity index is 1.85. The van der Waals surface area contributed by atoms with E-state index in [-0.39, 0.29) is 0 Å². The number of rotatable bonds is 6. The molecule has 0 saturated carbocycles. The molecule has 1 aromatic heterocycles. The summed E-state index contributed by atoms with van der Waals surface area (Å²) in [5.41, 5.74) is 1.19. The average molecular weight is 277 g/mol. The van der Waals surface area contributed by atoms with Crippen LogP contribution in [-0.2, 0) is 6.54 Å². The molecule has 4 heteroatoms. The molecule has 0 aromatic carbocycles. The predicted octanol–water partition coefficient (Wildman–Crippen LogP) is 2.30. The summed E-state index contributed by atoms with van der Waals surface area (Å²) < 4.78 is 5.33. The lowest BCUT2D eigenvalue weighted by molar-refractivity contribution is 0.155. The molecule has 1 saturated heterocycles. The zero-order chi connectivity index (χ0) is 14.4. The van der Waals surface area contributed by atoms with Gasteiger partial charge in [0, 0.05) is 24.3 Å². The number of piperidine rings is 1. The second kappa shape index (κ2) is 7.60. The molecule has 20 heavy (non-hydrogen) atoms. The van der Waals surface area contributed by atoms with Crippen LogP contribution in [0, 0.1) is 5.92 Å². The molecule has 2 rings (SSSR count). The van der Waals surface area contributed by atoms with Gasteiger partial charge in [-0.3, -0.25) is 4.90 Å². The van der Waals surface area contributed by atoms with Gasteiger partial charge in [-0.05, 0) is 51.4 Å². The molecule has 0 radical (unpaired) electrons. The highest BCUT2D eigenvalue weighted by atomic mass is 16.5. The lowest BCUT2D eigenvalue weighted by Crippen LogP contribution is -2.41. The molecule has 1 aliphatic heterocycles. The van der Waals surface area contributed by atoms with Crippen LogP contribution in [0.15, 0.2) is 18.3 Å². The molecule has 0 aliphatic carbocycles. The Hall–Kier alpha value is -1.13. The van der Waals surface area contributed by atoms with E-state index in [0.717, 1.165) is 24.9 Å². The molecule has 0 spiro atoms. The number of ether oxygens (including phenoxy) is 1. The molecule has 0 amide bonds. The van der Waals surface area contributed by atoms with Gasteiger partial charge in [0.2, 0.25) is 5.88 Å². The van der Waals surface area contributed by atoms with E-state index in [0.29, 0.717) is 6.04 Å². The van der Waals surface area contributed by atoms with Crippen molar-refractivity contribution in [3.63, 3.8) is 0 Å². The maximum absolute atomic E-state index is 5.33. The van der Waals surface area contributed by atoms with Crippen LogP contribution < -0.4 is 10.1 Å². The number of aromatic nitrogens is 1. The molecule has 1 aromatic rings. The molecule has 2 heterocycles. The van der Waals surface area contributed by atoms with Crippen LogP contribution in [0.5, 0.6) is 5.88 Å². The van der Waals surface area contributed by atoms with Crippen LogP contribution in [-0.4, -0.2) is 42.7 Å². The molecular weight excluding hydrogens is 250 g/mol. The van der Waals surface area contributed by atoms with Gasteiger partial charge in [-0.15, -0.1) is 0 Å². The molecule has 1 N–H and O–H groups in total. The minimum absolute atomic E-state index is 0.634. The smallest absolute Gasteiger partial charge is 0.217 e. The van der Waals surface area contributed by atoms with E-state index < -0.39 is 0 Å². The van der Waals surface area contributed by atoms with Crippen LogP contribution in [0.3, 0.4) is 0 Å². The second-order valence-electron chi connectivity index (χ2n) is 5.63. The molecular formula is C16H27N3O. The van der Waals surface area contributed by atoms with Gasteiger partial charge in [0.1, 0.15) is 0 Å². The van der Waals surface area contributed by atoms with Gasteiger partial charge in [-0.25, -0.2) is 4.98 Å². The Kier molecular flexibility index (Phi) is 5.80. The van der Waals surface area contributed by atoms with Gasteiger partial charge in [0.25, 0.3) is 0 Å². The molecule has 1 atom stereocenters. The Bertz CT molecular complexity index is 402. The summed E-state index contributed by atoms with van der Waals surface area (Å²) in [6.45, 7) is 8.83. The Morgan fingerprint density at radius 3 is 2.85 bits per heavy atom. The van der Waals surface area contributed by atoms with Crippen LogP contribution in [0.4, 0.5) is 0 Å².